The van der Waals surface area contributed by atoms with Gasteiger partial charge in [-0.1, -0.05) is 6.92 Å². The Hall–Kier alpha value is -0.160. The van der Waals surface area contributed by atoms with Crippen LogP contribution >= 0.6 is 0 Å². The predicted molar refractivity (Wildman–Crippen MR) is 86.8 cm³/mol. The molecule has 1 N–H and O–H groups in total. The Morgan fingerprint density at radius 3 is 2.24 bits per heavy atom. The first-order chi connectivity index (χ1) is 9.87. The summed E-state index contributed by atoms with van der Waals surface area (Å²) < 4.78 is 16.7. The van der Waals surface area contributed by atoms with Crippen molar-refractivity contribution in [3.63, 3.8) is 0 Å². The molecule has 1 rings (SSSR count). The van der Waals surface area contributed by atoms with E-state index in [9.17, 15) is 0 Å². The van der Waals surface area contributed by atoms with Crippen molar-refractivity contribution in [2.24, 2.45) is 5.92 Å². The molecule has 1 fully saturated rings. The summed E-state index contributed by atoms with van der Waals surface area (Å²) in [5, 5.41) is 3.62. The maximum absolute atomic E-state index is 6.27. The highest BCUT2D eigenvalue weighted by molar-refractivity contribution is 4.90. The van der Waals surface area contributed by atoms with E-state index in [1.807, 2.05) is 0 Å². The van der Waals surface area contributed by atoms with Gasteiger partial charge < -0.3 is 19.5 Å². The molecule has 0 radical (unpaired) electrons. The van der Waals surface area contributed by atoms with Gasteiger partial charge >= 0.3 is 0 Å². The van der Waals surface area contributed by atoms with Crippen LogP contribution in [0.5, 0.6) is 0 Å². The van der Waals surface area contributed by atoms with Crippen molar-refractivity contribution in [1.29, 1.82) is 0 Å². The maximum Gasteiger partial charge on any atom is 0.0807 e. The summed E-state index contributed by atoms with van der Waals surface area (Å²) in [4.78, 5) is 0. The van der Waals surface area contributed by atoms with Crippen molar-refractivity contribution in [2.45, 2.75) is 64.5 Å². The van der Waals surface area contributed by atoms with Gasteiger partial charge in [-0.2, -0.15) is 0 Å². The minimum Gasteiger partial charge on any atom is -0.382 e. The van der Waals surface area contributed by atoms with Gasteiger partial charge in [-0.25, -0.2) is 0 Å². The zero-order valence-corrected chi connectivity index (χ0v) is 14.7. The lowest BCUT2D eigenvalue weighted by molar-refractivity contribution is -0.0956. The van der Waals surface area contributed by atoms with Crippen molar-refractivity contribution >= 4 is 0 Å². The molecule has 0 aliphatic heterocycles. The summed E-state index contributed by atoms with van der Waals surface area (Å²) in [5.41, 5.74) is 0.124. The molecule has 4 nitrogen and oxygen atoms in total. The molecule has 0 atom stereocenters. The fourth-order valence-corrected chi connectivity index (χ4v) is 2.65. The van der Waals surface area contributed by atoms with Crippen LogP contribution < -0.4 is 5.32 Å². The van der Waals surface area contributed by atoms with Gasteiger partial charge in [0, 0.05) is 19.2 Å². The second-order valence-corrected chi connectivity index (χ2v) is 7.42. The van der Waals surface area contributed by atoms with E-state index in [4.69, 9.17) is 14.2 Å². The fourth-order valence-electron chi connectivity index (χ4n) is 2.65. The Morgan fingerprint density at radius 2 is 1.67 bits per heavy atom. The van der Waals surface area contributed by atoms with Crippen LogP contribution in [0.15, 0.2) is 0 Å². The molecule has 1 aliphatic carbocycles. The zero-order chi connectivity index (χ0) is 15.8. The maximum atomic E-state index is 6.27. The van der Waals surface area contributed by atoms with E-state index in [2.05, 4.69) is 33.0 Å². The first-order valence-electron chi connectivity index (χ1n) is 8.33. The number of methoxy groups -OCH3 is 1. The van der Waals surface area contributed by atoms with Crippen LogP contribution in [0.3, 0.4) is 0 Å². The third kappa shape index (κ3) is 8.15. The lowest BCUT2D eigenvalue weighted by atomic mass is 9.79. The normalized spacial score (nSPS) is 27.0. The van der Waals surface area contributed by atoms with E-state index in [-0.39, 0.29) is 11.1 Å². The first-order valence-corrected chi connectivity index (χ1v) is 8.33. The molecule has 0 spiro atoms. The number of hydrogen-bond acceptors (Lipinski definition) is 4. The van der Waals surface area contributed by atoms with E-state index in [0.717, 1.165) is 25.3 Å². The summed E-state index contributed by atoms with van der Waals surface area (Å²) in [5.74, 6) is 0.828. The zero-order valence-electron chi connectivity index (χ0n) is 14.7. The van der Waals surface area contributed by atoms with E-state index in [0.29, 0.717) is 26.4 Å². The van der Waals surface area contributed by atoms with Crippen molar-refractivity contribution in [3.8, 4) is 0 Å². The Kier molecular flexibility index (Phi) is 8.17. The minimum absolute atomic E-state index is 0.00952. The molecule has 0 bridgehead atoms. The molecule has 21 heavy (non-hydrogen) atoms. The molecule has 0 saturated heterocycles. The van der Waals surface area contributed by atoms with E-state index in [1.165, 1.54) is 12.8 Å². The monoisotopic (exact) mass is 301 g/mol. The van der Waals surface area contributed by atoms with Crippen molar-refractivity contribution < 1.29 is 14.2 Å². The Balaban J connectivity index is 2.37. The Bertz CT molecular complexity index is 268. The molecular formula is C17H35NO3. The molecule has 1 saturated carbocycles. The fraction of sp³-hybridized carbons (Fsp3) is 1.00. The van der Waals surface area contributed by atoms with Crippen LogP contribution in [-0.4, -0.2) is 51.2 Å². The highest BCUT2D eigenvalue weighted by Gasteiger charge is 2.35. The molecular weight excluding hydrogens is 266 g/mol. The van der Waals surface area contributed by atoms with Gasteiger partial charge in [-0.05, 0) is 52.4 Å². The van der Waals surface area contributed by atoms with Crippen molar-refractivity contribution in [2.75, 3.05) is 40.1 Å². The molecule has 126 valence electrons. The van der Waals surface area contributed by atoms with Crippen molar-refractivity contribution in [1.82, 2.24) is 5.32 Å². The largest absolute Gasteiger partial charge is 0.382 e. The van der Waals surface area contributed by atoms with E-state index in [1.54, 1.807) is 7.11 Å². The van der Waals surface area contributed by atoms with Gasteiger partial charge in [0.25, 0.3) is 0 Å². The average Bonchev–Trinajstić information content (AvgIpc) is 2.43. The highest BCUT2D eigenvalue weighted by Crippen LogP contribution is 2.34. The highest BCUT2D eigenvalue weighted by atomic mass is 16.5. The summed E-state index contributed by atoms with van der Waals surface area (Å²) in [6, 6.07) is 0. The predicted octanol–water partition coefficient (Wildman–Crippen LogP) is 3.00. The Morgan fingerprint density at radius 1 is 1.05 bits per heavy atom. The molecule has 0 aromatic heterocycles. The lowest BCUT2D eigenvalue weighted by Crippen LogP contribution is -2.51. The third-order valence-electron chi connectivity index (χ3n) is 4.19. The second kappa shape index (κ2) is 9.09. The van der Waals surface area contributed by atoms with E-state index < -0.39 is 0 Å². The van der Waals surface area contributed by atoms with Gasteiger partial charge in [-0.15, -0.1) is 0 Å². The van der Waals surface area contributed by atoms with Crippen LogP contribution in [0, 0.1) is 5.92 Å². The summed E-state index contributed by atoms with van der Waals surface area (Å²) in [6.45, 7) is 12.5. The third-order valence-corrected chi connectivity index (χ3v) is 4.19. The van der Waals surface area contributed by atoms with Gasteiger partial charge in [0.2, 0.25) is 0 Å². The molecule has 0 unspecified atom stereocenters. The molecule has 0 aromatic carbocycles. The van der Waals surface area contributed by atoms with Crippen LogP contribution in [-0.2, 0) is 14.2 Å². The van der Waals surface area contributed by atoms with Gasteiger partial charge in [0.15, 0.2) is 0 Å². The first kappa shape index (κ1) is 18.9. The quantitative estimate of drug-likeness (QED) is 0.665. The topological polar surface area (TPSA) is 39.7 Å². The van der Waals surface area contributed by atoms with Crippen LogP contribution in [0.4, 0.5) is 0 Å². The Labute approximate surface area is 130 Å². The molecule has 0 aromatic rings. The summed E-state index contributed by atoms with van der Waals surface area (Å²) in [7, 11) is 1.69. The number of nitrogens with one attached hydrogen (secondary N) is 1. The molecule has 1 aliphatic rings. The van der Waals surface area contributed by atoms with Gasteiger partial charge in [-0.3, -0.25) is 0 Å². The SMILES string of the molecule is COCCOCCOC1(CNC(C)(C)C)CCC(C)CC1. The minimum atomic E-state index is -0.00952. The summed E-state index contributed by atoms with van der Waals surface area (Å²) in [6.07, 6.45) is 4.82. The van der Waals surface area contributed by atoms with Gasteiger partial charge in [0.05, 0.1) is 32.0 Å². The smallest absolute Gasteiger partial charge is 0.0807 e. The molecule has 4 heteroatoms. The lowest BCUT2D eigenvalue weighted by Gasteiger charge is -2.41. The van der Waals surface area contributed by atoms with Crippen molar-refractivity contribution in [3.05, 3.63) is 0 Å². The molecule has 0 heterocycles. The second-order valence-electron chi connectivity index (χ2n) is 7.42. The van der Waals surface area contributed by atoms with Crippen LogP contribution in [0.1, 0.15) is 53.4 Å². The number of rotatable bonds is 9. The van der Waals surface area contributed by atoms with Crippen LogP contribution in [0.2, 0.25) is 0 Å². The number of hydrogen-bond donors (Lipinski definition) is 1. The molecule has 0 amide bonds. The van der Waals surface area contributed by atoms with Crippen LogP contribution in [0.25, 0.3) is 0 Å². The number of ether oxygens (including phenoxy) is 3. The van der Waals surface area contributed by atoms with Gasteiger partial charge in [0.1, 0.15) is 0 Å². The summed E-state index contributed by atoms with van der Waals surface area (Å²) >= 11 is 0. The standard InChI is InChI=1S/C17H35NO3/c1-15-6-8-17(9-7-15,14-18-16(2,3)4)21-13-12-20-11-10-19-5/h15,18H,6-14H2,1-5H3. The average molecular weight is 301 g/mol. The van der Waals surface area contributed by atoms with E-state index >= 15 is 0 Å².